The van der Waals surface area contributed by atoms with Crippen molar-refractivity contribution in [1.82, 2.24) is 5.32 Å². The molecule has 0 radical (unpaired) electrons. The SMILES string of the molecule is Cc1csc(C(=O)NCC(N)=O)c1F. The number of hydrogen-bond acceptors (Lipinski definition) is 3. The summed E-state index contributed by atoms with van der Waals surface area (Å²) in [6.07, 6.45) is 0. The second kappa shape index (κ2) is 4.19. The molecule has 1 heterocycles. The maximum atomic E-state index is 13.2. The fourth-order valence-electron chi connectivity index (χ4n) is 0.831. The molecular weight excluding hydrogens is 207 g/mol. The van der Waals surface area contributed by atoms with Crippen molar-refractivity contribution in [3.8, 4) is 0 Å². The van der Waals surface area contributed by atoms with Gasteiger partial charge in [0, 0.05) is 0 Å². The van der Waals surface area contributed by atoms with Gasteiger partial charge in [0.05, 0.1) is 6.54 Å². The van der Waals surface area contributed by atoms with Crippen LogP contribution < -0.4 is 11.1 Å². The first kappa shape index (κ1) is 10.6. The Hall–Kier alpha value is -1.43. The van der Waals surface area contributed by atoms with E-state index in [1.165, 1.54) is 5.38 Å². The molecule has 0 fully saturated rings. The summed E-state index contributed by atoms with van der Waals surface area (Å²) in [6, 6.07) is 0. The van der Waals surface area contributed by atoms with Gasteiger partial charge in [-0.05, 0) is 17.9 Å². The van der Waals surface area contributed by atoms with Gasteiger partial charge in [-0.2, -0.15) is 0 Å². The topological polar surface area (TPSA) is 72.2 Å². The molecule has 6 heteroatoms. The van der Waals surface area contributed by atoms with Gasteiger partial charge in [-0.3, -0.25) is 9.59 Å². The molecule has 0 aliphatic heterocycles. The van der Waals surface area contributed by atoms with Crippen LogP contribution in [0, 0.1) is 12.7 Å². The van der Waals surface area contributed by atoms with Crippen LogP contribution in [0.3, 0.4) is 0 Å². The van der Waals surface area contributed by atoms with Gasteiger partial charge in [0.2, 0.25) is 5.91 Å². The Morgan fingerprint density at radius 3 is 2.71 bits per heavy atom. The van der Waals surface area contributed by atoms with Gasteiger partial charge in [-0.25, -0.2) is 4.39 Å². The lowest BCUT2D eigenvalue weighted by Crippen LogP contribution is -2.33. The van der Waals surface area contributed by atoms with Gasteiger partial charge in [0.15, 0.2) is 0 Å². The van der Waals surface area contributed by atoms with E-state index in [1.807, 2.05) is 0 Å². The van der Waals surface area contributed by atoms with Crippen molar-refractivity contribution in [2.24, 2.45) is 5.73 Å². The van der Waals surface area contributed by atoms with Gasteiger partial charge < -0.3 is 11.1 Å². The second-order valence-electron chi connectivity index (χ2n) is 2.71. The number of aryl methyl sites for hydroxylation is 1. The highest BCUT2D eigenvalue weighted by molar-refractivity contribution is 7.12. The van der Waals surface area contributed by atoms with Crippen LogP contribution in [0.5, 0.6) is 0 Å². The molecule has 0 aliphatic carbocycles. The van der Waals surface area contributed by atoms with Crippen molar-refractivity contribution < 1.29 is 14.0 Å². The molecule has 14 heavy (non-hydrogen) atoms. The standard InChI is InChI=1S/C8H9FN2O2S/c1-4-3-14-7(6(4)9)8(13)11-2-5(10)12/h3H,2H2,1H3,(H2,10,12)(H,11,13). The second-order valence-corrected chi connectivity index (χ2v) is 3.59. The zero-order chi connectivity index (χ0) is 10.7. The van der Waals surface area contributed by atoms with Gasteiger partial charge in [-0.1, -0.05) is 0 Å². The van der Waals surface area contributed by atoms with E-state index in [9.17, 15) is 14.0 Å². The molecule has 0 atom stereocenters. The molecule has 2 amide bonds. The summed E-state index contributed by atoms with van der Waals surface area (Å²) in [4.78, 5) is 21.6. The zero-order valence-corrected chi connectivity index (χ0v) is 8.28. The molecule has 4 nitrogen and oxygen atoms in total. The van der Waals surface area contributed by atoms with Gasteiger partial charge in [0.1, 0.15) is 10.7 Å². The molecule has 1 rings (SSSR count). The monoisotopic (exact) mass is 216 g/mol. The van der Waals surface area contributed by atoms with Crippen LogP contribution in [0.15, 0.2) is 5.38 Å². The van der Waals surface area contributed by atoms with E-state index >= 15 is 0 Å². The summed E-state index contributed by atoms with van der Waals surface area (Å²) < 4.78 is 13.2. The highest BCUT2D eigenvalue weighted by atomic mass is 32.1. The summed E-state index contributed by atoms with van der Waals surface area (Å²) in [5.41, 5.74) is 5.23. The van der Waals surface area contributed by atoms with Crippen LogP contribution in [0.25, 0.3) is 0 Å². The Morgan fingerprint density at radius 1 is 1.64 bits per heavy atom. The van der Waals surface area contributed by atoms with Gasteiger partial charge >= 0.3 is 0 Å². The Kier molecular flexibility index (Phi) is 3.19. The number of thiophene rings is 1. The number of halogens is 1. The van der Waals surface area contributed by atoms with Crippen LogP contribution in [-0.2, 0) is 4.79 Å². The number of carbonyl (C=O) groups is 2. The van der Waals surface area contributed by atoms with Crippen molar-refractivity contribution in [1.29, 1.82) is 0 Å². The summed E-state index contributed by atoms with van der Waals surface area (Å²) >= 11 is 0.997. The van der Waals surface area contributed by atoms with E-state index in [0.29, 0.717) is 5.56 Å². The van der Waals surface area contributed by atoms with E-state index in [0.717, 1.165) is 11.3 Å². The molecule has 0 aliphatic rings. The highest BCUT2D eigenvalue weighted by Crippen LogP contribution is 2.19. The van der Waals surface area contributed by atoms with Crippen LogP contribution in [0.4, 0.5) is 4.39 Å². The summed E-state index contributed by atoms with van der Waals surface area (Å²) in [6.45, 7) is 1.28. The zero-order valence-electron chi connectivity index (χ0n) is 7.46. The minimum Gasteiger partial charge on any atom is -0.368 e. The number of primary amides is 1. The molecule has 0 unspecified atom stereocenters. The molecule has 76 valence electrons. The van der Waals surface area contributed by atoms with Gasteiger partial charge in [0.25, 0.3) is 5.91 Å². The molecule has 3 N–H and O–H groups in total. The normalized spacial score (nSPS) is 9.86. The third-order valence-electron chi connectivity index (χ3n) is 1.53. The third kappa shape index (κ3) is 2.29. The fraction of sp³-hybridized carbons (Fsp3) is 0.250. The summed E-state index contributed by atoms with van der Waals surface area (Å²) in [5, 5.41) is 3.75. The lowest BCUT2D eigenvalue weighted by atomic mass is 10.3. The highest BCUT2D eigenvalue weighted by Gasteiger charge is 2.15. The molecule has 1 aromatic rings. The quantitative estimate of drug-likeness (QED) is 0.768. The fourth-order valence-corrected chi connectivity index (χ4v) is 1.67. The smallest absolute Gasteiger partial charge is 0.264 e. The minimum absolute atomic E-state index is 0.0243. The minimum atomic E-state index is -0.660. The number of nitrogens with two attached hydrogens (primary N) is 1. The van der Waals surface area contributed by atoms with Crippen molar-refractivity contribution in [2.45, 2.75) is 6.92 Å². The summed E-state index contributed by atoms with van der Waals surface area (Å²) in [5.74, 6) is -1.82. The Balaban J connectivity index is 2.70. The van der Waals surface area contributed by atoms with Crippen molar-refractivity contribution in [3.63, 3.8) is 0 Å². The maximum absolute atomic E-state index is 13.2. The Morgan fingerprint density at radius 2 is 2.29 bits per heavy atom. The van der Waals surface area contributed by atoms with E-state index in [2.05, 4.69) is 5.32 Å². The molecule has 0 aromatic carbocycles. The van der Waals surface area contributed by atoms with E-state index in [-0.39, 0.29) is 11.4 Å². The van der Waals surface area contributed by atoms with E-state index in [1.54, 1.807) is 6.92 Å². The molecular formula is C8H9FN2O2S. The number of carbonyl (C=O) groups excluding carboxylic acids is 2. The first-order chi connectivity index (χ1) is 6.52. The average Bonchev–Trinajstić information content (AvgIpc) is 2.44. The maximum Gasteiger partial charge on any atom is 0.264 e. The molecule has 1 aromatic heterocycles. The number of nitrogens with one attached hydrogen (secondary N) is 1. The van der Waals surface area contributed by atoms with Crippen molar-refractivity contribution in [2.75, 3.05) is 6.54 Å². The van der Waals surface area contributed by atoms with E-state index in [4.69, 9.17) is 5.73 Å². The largest absolute Gasteiger partial charge is 0.368 e. The van der Waals surface area contributed by atoms with E-state index < -0.39 is 17.6 Å². The Labute approximate surface area is 83.9 Å². The van der Waals surface area contributed by atoms with Crippen molar-refractivity contribution in [3.05, 3.63) is 21.6 Å². The third-order valence-corrected chi connectivity index (χ3v) is 2.60. The van der Waals surface area contributed by atoms with Crippen LogP contribution >= 0.6 is 11.3 Å². The first-order valence-corrected chi connectivity index (χ1v) is 4.70. The number of amides is 2. The first-order valence-electron chi connectivity index (χ1n) is 3.82. The predicted octanol–water partition coefficient (Wildman–Crippen LogP) is 0.411. The lowest BCUT2D eigenvalue weighted by molar-refractivity contribution is -0.117. The van der Waals surface area contributed by atoms with Crippen molar-refractivity contribution >= 4 is 23.2 Å². The molecule has 0 bridgehead atoms. The van der Waals surface area contributed by atoms with Crippen LogP contribution in [0.1, 0.15) is 15.2 Å². The molecule has 0 saturated heterocycles. The average molecular weight is 216 g/mol. The lowest BCUT2D eigenvalue weighted by Gasteiger charge is -1.99. The summed E-state index contributed by atoms with van der Waals surface area (Å²) in [7, 11) is 0. The molecule has 0 spiro atoms. The van der Waals surface area contributed by atoms with Gasteiger partial charge in [-0.15, -0.1) is 11.3 Å². The number of rotatable bonds is 3. The Bertz CT molecular complexity index is 375. The number of hydrogen-bond donors (Lipinski definition) is 2. The predicted molar refractivity (Wildman–Crippen MR) is 50.5 cm³/mol. The van der Waals surface area contributed by atoms with Crippen LogP contribution in [0.2, 0.25) is 0 Å². The van der Waals surface area contributed by atoms with Crippen LogP contribution in [-0.4, -0.2) is 18.4 Å². The molecule has 0 saturated carbocycles.